The first-order chi connectivity index (χ1) is 9.10. The van der Waals surface area contributed by atoms with Crippen LogP contribution in [0.3, 0.4) is 0 Å². The highest BCUT2D eigenvalue weighted by Gasteiger charge is 2.15. The van der Waals surface area contributed by atoms with E-state index in [1.165, 1.54) is 23.4 Å². The molecule has 0 aliphatic heterocycles. The standard InChI is InChI=1S/C16H28N2S/c1-6-15(12-19-5)18(4)16-10-8-7-9-14(16)11-17-13(2)3/h7-10,13,15,17H,6,11-12H2,1-5H3. The highest BCUT2D eigenvalue weighted by atomic mass is 32.2. The van der Waals surface area contributed by atoms with Crippen LogP contribution in [0.4, 0.5) is 5.69 Å². The average Bonchev–Trinajstić information content (AvgIpc) is 2.42. The van der Waals surface area contributed by atoms with Gasteiger partial charge in [-0.05, 0) is 24.3 Å². The van der Waals surface area contributed by atoms with Gasteiger partial charge in [0.2, 0.25) is 0 Å². The Hall–Kier alpha value is -0.670. The summed E-state index contributed by atoms with van der Waals surface area (Å²) >= 11 is 1.92. The minimum absolute atomic E-state index is 0.520. The van der Waals surface area contributed by atoms with Gasteiger partial charge >= 0.3 is 0 Å². The summed E-state index contributed by atoms with van der Waals surface area (Å²) in [6.45, 7) is 7.59. The van der Waals surface area contributed by atoms with Crippen molar-refractivity contribution in [2.45, 2.75) is 45.8 Å². The van der Waals surface area contributed by atoms with Crippen molar-refractivity contribution in [1.82, 2.24) is 5.32 Å². The Labute approximate surface area is 123 Å². The van der Waals surface area contributed by atoms with Gasteiger partial charge in [0, 0.05) is 37.1 Å². The van der Waals surface area contributed by atoms with E-state index in [1.54, 1.807) is 0 Å². The van der Waals surface area contributed by atoms with E-state index in [1.807, 2.05) is 11.8 Å². The van der Waals surface area contributed by atoms with E-state index in [0.717, 1.165) is 6.54 Å². The van der Waals surface area contributed by atoms with Crippen LogP contribution in [0.1, 0.15) is 32.8 Å². The smallest absolute Gasteiger partial charge is 0.0412 e. The fourth-order valence-corrected chi connectivity index (χ4v) is 3.06. The molecule has 3 heteroatoms. The summed E-state index contributed by atoms with van der Waals surface area (Å²) in [6.07, 6.45) is 3.37. The molecule has 0 amide bonds. The first-order valence-corrected chi connectivity index (χ1v) is 8.52. The van der Waals surface area contributed by atoms with Crippen molar-refractivity contribution in [3.8, 4) is 0 Å². The molecule has 2 nitrogen and oxygen atoms in total. The topological polar surface area (TPSA) is 15.3 Å². The summed E-state index contributed by atoms with van der Waals surface area (Å²) in [4.78, 5) is 2.44. The summed E-state index contributed by atoms with van der Waals surface area (Å²) in [5.74, 6) is 1.18. The van der Waals surface area contributed by atoms with Crippen molar-refractivity contribution in [3.63, 3.8) is 0 Å². The predicted molar refractivity (Wildman–Crippen MR) is 89.3 cm³/mol. The van der Waals surface area contributed by atoms with Crippen LogP contribution in [0.5, 0.6) is 0 Å². The van der Waals surface area contributed by atoms with Gasteiger partial charge in [-0.15, -0.1) is 0 Å². The highest BCUT2D eigenvalue weighted by molar-refractivity contribution is 7.98. The summed E-state index contributed by atoms with van der Waals surface area (Å²) in [5, 5.41) is 3.51. The third-order valence-electron chi connectivity index (χ3n) is 3.45. The lowest BCUT2D eigenvalue weighted by Crippen LogP contribution is -2.34. The number of nitrogens with one attached hydrogen (secondary N) is 1. The van der Waals surface area contributed by atoms with Gasteiger partial charge in [-0.25, -0.2) is 0 Å². The number of hydrogen-bond acceptors (Lipinski definition) is 3. The maximum atomic E-state index is 3.51. The van der Waals surface area contributed by atoms with Crippen LogP contribution in [0, 0.1) is 0 Å². The van der Waals surface area contributed by atoms with Crippen molar-refractivity contribution >= 4 is 17.4 Å². The summed E-state index contributed by atoms with van der Waals surface area (Å²) in [7, 11) is 2.22. The molecule has 1 rings (SSSR count). The fraction of sp³-hybridized carbons (Fsp3) is 0.625. The Kier molecular flexibility index (Phi) is 7.32. The zero-order valence-electron chi connectivity index (χ0n) is 12.9. The third-order valence-corrected chi connectivity index (χ3v) is 4.17. The normalized spacial score (nSPS) is 12.7. The number of para-hydroxylation sites is 1. The maximum Gasteiger partial charge on any atom is 0.0412 e. The zero-order chi connectivity index (χ0) is 14.3. The van der Waals surface area contributed by atoms with Gasteiger partial charge in [-0.1, -0.05) is 39.0 Å². The van der Waals surface area contributed by atoms with Crippen molar-refractivity contribution in [3.05, 3.63) is 29.8 Å². The van der Waals surface area contributed by atoms with Crippen LogP contribution >= 0.6 is 11.8 Å². The van der Waals surface area contributed by atoms with Crippen molar-refractivity contribution in [2.24, 2.45) is 0 Å². The van der Waals surface area contributed by atoms with Gasteiger partial charge in [0.25, 0.3) is 0 Å². The number of rotatable bonds is 8. The Morgan fingerprint density at radius 2 is 1.95 bits per heavy atom. The Morgan fingerprint density at radius 1 is 1.26 bits per heavy atom. The van der Waals surface area contributed by atoms with E-state index in [2.05, 4.69) is 68.6 Å². The summed E-state index contributed by atoms with van der Waals surface area (Å²) < 4.78 is 0. The molecular formula is C16H28N2S. The number of hydrogen-bond donors (Lipinski definition) is 1. The first kappa shape index (κ1) is 16.4. The zero-order valence-corrected chi connectivity index (χ0v) is 13.8. The molecule has 1 unspecified atom stereocenters. The maximum absolute atomic E-state index is 3.51. The minimum Gasteiger partial charge on any atom is -0.371 e. The van der Waals surface area contributed by atoms with E-state index < -0.39 is 0 Å². The average molecular weight is 280 g/mol. The second-order valence-electron chi connectivity index (χ2n) is 5.29. The van der Waals surface area contributed by atoms with Gasteiger partial charge in [-0.2, -0.15) is 11.8 Å². The van der Waals surface area contributed by atoms with Gasteiger partial charge in [0.1, 0.15) is 0 Å². The Bertz CT molecular complexity index is 366. The molecule has 0 fully saturated rings. The Morgan fingerprint density at radius 3 is 2.53 bits per heavy atom. The third kappa shape index (κ3) is 5.07. The van der Waals surface area contributed by atoms with E-state index in [4.69, 9.17) is 0 Å². The van der Waals surface area contributed by atoms with E-state index in [-0.39, 0.29) is 0 Å². The quantitative estimate of drug-likeness (QED) is 0.780. The SMILES string of the molecule is CCC(CSC)N(C)c1ccccc1CNC(C)C. The van der Waals surface area contributed by atoms with Crippen molar-refractivity contribution in [1.29, 1.82) is 0 Å². The lowest BCUT2D eigenvalue weighted by Gasteiger charge is -2.31. The molecule has 0 aliphatic rings. The second kappa shape index (κ2) is 8.49. The van der Waals surface area contributed by atoms with Crippen LogP contribution in [-0.4, -0.2) is 31.1 Å². The molecule has 0 saturated carbocycles. The lowest BCUT2D eigenvalue weighted by molar-refractivity contribution is 0.586. The van der Waals surface area contributed by atoms with Crippen molar-refractivity contribution in [2.75, 3.05) is 24.0 Å². The molecule has 0 aliphatic carbocycles. The molecule has 1 aromatic carbocycles. The number of benzene rings is 1. The molecule has 1 N–H and O–H groups in total. The van der Waals surface area contributed by atoms with Gasteiger partial charge < -0.3 is 10.2 Å². The molecule has 0 bridgehead atoms. The molecular weight excluding hydrogens is 252 g/mol. The Balaban J connectivity index is 2.85. The molecule has 0 radical (unpaired) electrons. The lowest BCUT2D eigenvalue weighted by atomic mass is 10.1. The van der Waals surface area contributed by atoms with Gasteiger partial charge in [0.05, 0.1) is 0 Å². The van der Waals surface area contributed by atoms with E-state index >= 15 is 0 Å². The molecule has 1 aromatic rings. The predicted octanol–water partition coefficient (Wildman–Crippen LogP) is 3.76. The van der Waals surface area contributed by atoms with Crippen LogP contribution < -0.4 is 10.2 Å². The highest BCUT2D eigenvalue weighted by Crippen LogP contribution is 2.23. The van der Waals surface area contributed by atoms with Crippen LogP contribution in [0.25, 0.3) is 0 Å². The largest absolute Gasteiger partial charge is 0.371 e. The molecule has 0 aromatic heterocycles. The minimum atomic E-state index is 0.520. The molecule has 1 atom stereocenters. The van der Waals surface area contributed by atoms with Crippen LogP contribution in [0.15, 0.2) is 24.3 Å². The molecule has 0 heterocycles. The molecule has 19 heavy (non-hydrogen) atoms. The molecule has 108 valence electrons. The van der Waals surface area contributed by atoms with Crippen LogP contribution in [0.2, 0.25) is 0 Å². The number of nitrogens with zero attached hydrogens (tertiary/aromatic N) is 1. The summed E-state index contributed by atoms with van der Waals surface area (Å²) in [5.41, 5.74) is 2.75. The van der Waals surface area contributed by atoms with Crippen molar-refractivity contribution < 1.29 is 0 Å². The summed E-state index contributed by atoms with van der Waals surface area (Å²) in [6, 6.07) is 9.86. The molecule has 0 spiro atoms. The first-order valence-electron chi connectivity index (χ1n) is 7.13. The van der Waals surface area contributed by atoms with Crippen LogP contribution in [-0.2, 0) is 6.54 Å². The molecule has 0 saturated heterocycles. The fourth-order valence-electron chi connectivity index (χ4n) is 2.21. The second-order valence-corrected chi connectivity index (χ2v) is 6.20. The van der Waals surface area contributed by atoms with Gasteiger partial charge in [-0.3, -0.25) is 0 Å². The van der Waals surface area contributed by atoms with E-state index in [9.17, 15) is 0 Å². The van der Waals surface area contributed by atoms with Gasteiger partial charge in [0.15, 0.2) is 0 Å². The van der Waals surface area contributed by atoms with E-state index in [0.29, 0.717) is 12.1 Å². The number of thioether (sulfide) groups is 1. The monoisotopic (exact) mass is 280 g/mol. The number of anilines is 1.